The molecule has 1 aliphatic carbocycles. The number of nitrogens with zero attached hydrogens (tertiary/aromatic N) is 5. The smallest absolute Gasteiger partial charge is 0.224 e. The molecule has 0 aromatic carbocycles. The van der Waals surface area contributed by atoms with Crippen LogP contribution in [0.5, 0.6) is 0 Å². The van der Waals surface area contributed by atoms with Crippen molar-refractivity contribution in [2.75, 3.05) is 0 Å². The third kappa shape index (κ3) is 3.91. The van der Waals surface area contributed by atoms with Crippen LogP contribution in [0, 0.1) is 11.8 Å². The molecule has 122 valence electrons. The highest BCUT2D eigenvalue weighted by molar-refractivity contribution is 5.79. The zero-order valence-corrected chi connectivity index (χ0v) is 13.4. The summed E-state index contributed by atoms with van der Waals surface area (Å²) < 4.78 is 1.58. The topological polar surface area (TPSA) is 85.6 Å². The van der Waals surface area contributed by atoms with E-state index in [9.17, 15) is 4.79 Å². The lowest BCUT2D eigenvalue weighted by molar-refractivity contribution is -0.126. The molecular formula is C16H22N6O. The molecule has 2 heterocycles. The van der Waals surface area contributed by atoms with E-state index in [-0.39, 0.29) is 11.8 Å². The molecule has 1 aliphatic rings. The Morgan fingerprint density at radius 3 is 2.91 bits per heavy atom. The Hall–Kier alpha value is -2.31. The van der Waals surface area contributed by atoms with Crippen LogP contribution >= 0.6 is 0 Å². The van der Waals surface area contributed by atoms with Gasteiger partial charge in [-0.15, -0.1) is 5.10 Å². The van der Waals surface area contributed by atoms with Gasteiger partial charge in [0, 0.05) is 25.4 Å². The van der Waals surface area contributed by atoms with Crippen LogP contribution in [-0.4, -0.2) is 31.1 Å². The van der Waals surface area contributed by atoms with Crippen molar-refractivity contribution in [3.8, 4) is 0 Å². The number of aromatic nitrogens is 5. The highest BCUT2D eigenvalue weighted by atomic mass is 16.1. The van der Waals surface area contributed by atoms with Gasteiger partial charge in [0.2, 0.25) is 5.91 Å². The van der Waals surface area contributed by atoms with E-state index < -0.39 is 0 Å². The van der Waals surface area contributed by atoms with Crippen molar-refractivity contribution >= 4 is 5.91 Å². The standard InChI is InChI=1S/C16H22N6O/c1-22-15(19-20-21-22)11-18-16(23)14(13-6-2-3-7-13)9-12-5-4-8-17-10-12/h4-5,8,10,13-14H,2-3,6-7,9,11H2,1H3,(H,18,23). The summed E-state index contributed by atoms with van der Waals surface area (Å²) in [7, 11) is 1.77. The quantitative estimate of drug-likeness (QED) is 0.868. The number of hydrogen-bond donors (Lipinski definition) is 1. The van der Waals surface area contributed by atoms with Crippen molar-refractivity contribution in [1.82, 2.24) is 30.5 Å². The van der Waals surface area contributed by atoms with Gasteiger partial charge in [-0.1, -0.05) is 18.9 Å². The Balaban J connectivity index is 1.66. The van der Waals surface area contributed by atoms with Crippen LogP contribution in [-0.2, 0) is 24.8 Å². The first-order chi connectivity index (χ1) is 11.2. The second kappa shape index (κ2) is 7.30. The molecule has 0 saturated heterocycles. The first-order valence-electron chi connectivity index (χ1n) is 8.12. The van der Waals surface area contributed by atoms with Gasteiger partial charge in [0.25, 0.3) is 0 Å². The lowest BCUT2D eigenvalue weighted by atomic mass is 9.85. The molecule has 1 N–H and O–H groups in total. The van der Waals surface area contributed by atoms with Crippen molar-refractivity contribution in [2.45, 2.75) is 38.6 Å². The maximum atomic E-state index is 12.7. The van der Waals surface area contributed by atoms with Gasteiger partial charge in [0.05, 0.1) is 6.54 Å². The molecule has 1 amide bonds. The summed E-state index contributed by atoms with van der Waals surface area (Å²) in [4.78, 5) is 16.9. The van der Waals surface area contributed by atoms with E-state index in [0.29, 0.717) is 18.3 Å². The van der Waals surface area contributed by atoms with Crippen molar-refractivity contribution in [3.63, 3.8) is 0 Å². The fraction of sp³-hybridized carbons (Fsp3) is 0.562. The number of aryl methyl sites for hydroxylation is 1. The van der Waals surface area contributed by atoms with Gasteiger partial charge in [0.1, 0.15) is 0 Å². The number of carbonyl (C=O) groups is 1. The lowest BCUT2D eigenvalue weighted by Crippen LogP contribution is -2.36. The van der Waals surface area contributed by atoms with E-state index in [2.05, 4.69) is 25.8 Å². The van der Waals surface area contributed by atoms with Gasteiger partial charge >= 0.3 is 0 Å². The molecule has 23 heavy (non-hydrogen) atoms. The monoisotopic (exact) mass is 314 g/mol. The number of tetrazole rings is 1. The molecule has 2 aromatic rings. The first kappa shape index (κ1) is 15.6. The summed E-state index contributed by atoms with van der Waals surface area (Å²) in [6.07, 6.45) is 9.04. The zero-order valence-electron chi connectivity index (χ0n) is 13.4. The summed E-state index contributed by atoms with van der Waals surface area (Å²) in [5.74, 6) is 1.18. The molecule has 1 unspecified atom stereocenters. The van der Waals surface area contributed by atoms with Crippen LogP contribution in [0.1, 0.15) is 37.1 Å². The number of hydrogen-bond acceptors (Lipinski definition) is 5. The van der Waals surface area contributed by atoms with Crippen LogP contribution in [0.2, 0.25) is 0 Å². The lowest BCUT2D eigenvalue weighted by Gasteiger charge is -2.22. The van der Waals surface area contributed by atoms with Gasteiger partial charge < -0.3 is 5.32 Å². The van der Waals surface area contributed by atoms with Crippen molar-refractivity contribution in [3.05, 3.63) is 35.9 Å². The second-order valence-electron chi connectivity index (χ2n) is 6.15. The minimum atomic E-state index is -0.0112. The highest BCUT2D eigenvalue weighted by Gasteiger charge is 2.30. The maximum Gasteiger partial charge on any atom is 0.224 e. The molecule has 3 rings (SSSR count). The maximum absolute atomic E-state index is 12.7. The summed E-state index contributed by atoms with van der Waals surface area (Å²) in [5.41, 5.74) is 1.11. The summed E-state index contributed by atoms with van der Waals surface area (Å²) in [5, 5.41) is 14.3. The van der Waals surface area contributed by atoms with Crippen molar-refractivity contribution in [1.29, 1.82) is 0 Å². The van der Waals surface area contributed by atoms with E-state index in [0.717, 1.165) is 24.8 Å². The Bertz CT molecular complexity index is 635. The number of nitrogens with one attached hydrogen (secondary N) is 1. The first-order valence-corrected chi connectivity index (χ1v) is 8.12. The SMILES string of the molecule is Cn1nnnc1CNC(=O)C(Cc1cccnc1)C1CCCC1. The minimum Gasteiger partial charge on any atom is -0.348 e. The fourth-order valence-electron chi connectivity index (χ4n) is 3.30. The fourth-order valence-corrected chi connectivity index (χ4v) is 3.30. The highest BCUT2D eigenvalue weighted by Crippen LogP contribution is 2.33. The molecular weight excluding hydrogens is 292 g/mol. The van der Waals surface area contributed by atoms with Crippen LogP contribution in [0.15, 0.2) is 24.5 Å². The van der Waals surface area contributed by atoms with Gasteiger partial charge in [-0.25, -0.2) is 4.68 Å². The van der Waals surface area contributed by atoms with E-state index in [1.165, 1.54) is 12.8 Å². The predicted octanol–water partition coefficient (Wildman–Crippen LogP) is 1.27. The van der Waals surface area contributed by atoms with E-state index in [1.54, 1.807) is 17.9 Å². The molecule has 0 spiro atoms. The molecule has 7 heteroatoms. The average molecular weight is 314 g/mol. The largest absolute Gasteiger partial charge is 0.348 e. The predicted molar refractivity (Wildman–Crippen MR) is 84.0 cm³/mol. The third-order valence-corrected chi connectivity index (χ3v) is 4.61. The zero-order chi connectivity index (χ0) is 16.1. The Morgan fingerprint density at radius 2 is 2.26 bits per heavy atom. The molecule has 1 saturated carbocycles. The van der Waals surface area contributed by atoms with Crippen molar-refractivity contribution in [2.24, 2.45) is 18.9 Å². The molecule has 1 fully saturated rings. The van der Waals surface area contributed by atoms with Crippen LogP contribution in [0.3, 0.4) is 0 Å². The summed E-state index contributed by atoms with van der Waals surface area (Å²) in [6, 6.07) is 3.96. The number of rotatable bonds is 6. The normalized spacial score (nSPS) is 16.4. The molecule has 1 atom stereocenters. The number of amides is 1. The Labute approximate surface area is 135 Å². The van der Waals surface area contributed by atoms with Gasteiger partial charge in [-0.3, -0.25) is 9.78 Å². The second-order valence-corrected chi connectivity index (χ2v) is 6.15. The molecule has 0 aliphatic heterocycles. The number of carbonyl (C=O) groups excluding carboxylic acids is 1. The van der Waals surface area contributed by atoms with Crippen LogP contribution < -0.4 is 5.32 Å². The summed E-state index contributed by atoms with van der Waals surface area (Å²) >= 11 is 0. The molecule has 0 bridgehead atoms. The molecule has 7 nitrogen and oxygen atoms in total. The molecule has 0 radical (unpaired) electrons. The van der Waals surface area contributed by atoms with Crippen molar-refractivity contribution < 1.29 is 4.79 Å². The summed E-state index contributed by atoms with van der Waals surface area (Å²) in [6.45, 7) is 0.360. The van der Waals surface area contributed by atoms with Gasteiger partial charge in [-0.05, 0) is 47.2 Å². The number of pyridine rings is 1. The Morgan fingerprint density at radius 1 is 1.43 bits per heavy atom. The van der Waals surface area contributed by atoms with E-state index in [1.807, 2.05) is 18.3 Å². The minimum absolute atomic E-state index is 0.0112. The average Bonchev–Trinajstić information content (AvgIpc) is 3.23. The van der Waals surface area contributed by atoms with E-state index in [4.69, 9.17) is 0 Å². The van der Waals surface area contributed by atoms with Crippen LogP contribution in [0.25, 0.3) is 0 Å². The van der Waals surface area contributed by atoms with Gasteiger partial charge in [0.15, 0.2) is 5.82 Å². The third-order valence-electron chi connectivity index (χ3n) is 4.61. The van der Waals surface area contributed by atoms with E-state index >= 15 is 0 Å². The Kier molecular flexibility index (Phi) is 4.95. The van der Waals surface area contributed by atoms with Gasteiger partial charge in [-0.2, -0.15) is 0 Å². The molecule has 2 aromatic heterocycles. The van der Waals surface area contributed by atoms with Crippen LogP contribution in [0.4, 0.5) is 0 Å².